The Morgan fingerprint density at radius 3 is 1.71 bits per heavy atom. The molecule has 0 fully saturated rings. The predicted octanol–water partition coefficient (Wildman–Crippen LogP) is 7.14. The van der Waals surface area contributed by atoms with Crippen molar-refractivity contribution < 1.29 is 49.4 Å². The van der Waals surface area contributed by atoms with Crippen molar-refractivity contribution in [1.82, 2.24) is 9.97 Å². The van der Waals surface area contributed by atoms with Crippen molar-refractivity contribution in [2.75, 3.05) is 32.8 Å². The molecule has 0 aliphatic heterocycles. The number of carbonyl (C=O) groups excluding carboxylic acids is 5. The number of nitrogens with two attached hydrogens (primary N) is 2. The molecule has 2 aliphatic carbocycles. The van der Waals surface area contributed by atoms with Crippen LogP contribution in [0.5, 0.6) is 23.0 Å². The molecule has 7 aromatic rings. The number of rotatable bonds is 4. The van der Waals surface area contributed by atoms with E-state index in [1.807, 2.05) is 0 Å². The lowest BCUT2D eigenvalue weighted by molar-refractivity contribution is 0.0980. The molecule has 296 valence electrons. The fraction of sp³-hybridized carbons (Fsp3) is 0.0667. The van der Waals surface area contributed by atoms with Gasteiger partial charge in [0.1, 0.15) is 17.6 Å². The van der Waals surface area contributed by atoms with E-state index in [1.54, 1.807) is 84.9 Å². The standard InChI is InChI=1S/C22H14N2O4.C14H10N2O2.C8H8O3.CH3F/c1-28-17-10-11(6-9-16(17)25)22-23-15-8-7-14-18(19(15)24-22)21(27)13-5-3-2-4-12(13)20(14)26;15-10-6-5-9-11(12(10)16)14(18)8-4-2-1-3-7(8)13(9)17;1-11-8-4-6(5-9)2-3-7(8)10;1-2/h2-10,25H,1H3,(H,23,24);1-6H,15-16H2;2-5,10H,1H3;1H3/i;;;1D. The lowest BCUT2D eigenvalue weighted by Gasteiger charge is -2.19. The van der Waals surface area contributed by atoms with Crippen LogP contribution in [0.15, 0.2) is 109 Å². The van der Waals surface area contributed by atoms with E-state index in [2.05, 4.69) is 9.97 Å². The highest BCUT2D eigenvalue weighted by Gasteiger charge is 2.33. The number of aromatic hydroxyl groups is 2. The molecule has 0 amide bonds. The topological polar surface area (TPSA) is 225 Å². The van der Waals surface area contributed by atoms with Crippen LogP contribution in [0.4, 0.5) is 15.8 Å². The number of aldehydes is 1. The van der Waals surface area contributed by atoms with Gasteiger partial charge in [-0.25, -0.2) is 4.98 Å². The van der Waals surface area contributed by atoms with Gasteiger partial charge in [-0.15, -0.1) is 0 Å². The van der Waals surface area contributed by atoms with Gasteiger partial charge in [-0.3, -0.25) is 28.4 Å². The number of fused-ring (bicyclic) bond motifs is 6. The van der Waals surface area contributed by atoms with Crippen molar-refractivity contribution in [3.63, 3.8) is 0 Å². The van der Waals surface area contributed by atoms with Crippen molar-refractivity contribution in [1.29, 1.82) is 0 Å². The Kier molecular flexibility index (Phi) is 11.2. The van der Waals surface area contributed by atoms with E-state index in [-0.39, 0.29) is 45.9 Å². The zero-order valence-electron chi connectivity index (χ0n) is 32.4. The summed E-state index contributed by atoms with van der Waals surface area (Å²) in [5.41, 5.74) is 17.1. The summed E-state index contributed by atoms with van der Waals surface area (Å²) in [6.07, 6.45) is 0.696. The number of nitrogens with zero attached hydrogens (tertiary/aromatic N) is 1. The number of phenols is 2. The minimum absolute atomic E-state index is 0.0251. The van der Waals surface area contributed by atoms with Crippen molar-refractivity contribution in [2.45, 2.75) is 0 Å². The van der Waals surface area contributed by atoms with Crippen molar-refractivity contribution in [3.05, 3.63) is 159 Å². The molecular formula is C45H35FN4O9. The van der Waals surface area contributed by atoms with E-state index in [9.17, 15) is 33.5 Å². The number of halogens is 1. The second-order valence-corrected chi connectivity index (χ2v) is 12.8. The maximum atomic E-state index is 13.1. The summed E-state index contributed by atoms with van der Waals surface area (Å²) in [4.78, 5) is 68.6. The number of imidazole rings is 1. The summed E-state index contributed by atoms with van der Waals surface area (Å²) in [5.74, 6) is 0.391. The maximum Gasteiger partial charge on any atom is 0.196 e. The monoisotopic (exact) mass is 795 g/mol. The summed E-state index contributed by atoms with van der Waals surface area (Å²) in [6, 6.07) is 29.3. The number of alkyl halides is 1. The molecule has 0 atom stereocenters. The molecule has 0 radical (unpaired) electrons. The summed E-state index contributed by atoms with van der Waals surface area (Å²) >= 11 is 0. The number of hydrogen-bond donors (Lipinski definition) is 5. The third kappa shape index (κ3) is 7.45. The number of methoxy groups -OCH3 is 2. The van der Waals surface area contributed by atoms with Crippen LogP contribution in [0.1, 0.15) is 75.4 Å². The molecule has 14 heteroatoms. The Hall–Kier alpha value is -8.13. The first-order chi connectivity index (χ1) is 28.9. The highest BCUT2D eigenvalue weighted by atomic mass is 19.1. The van der Waals surface area contributed by atoms with Crippen LogP contribution in [0.25, 0.3) is 22.4 Å². The third-order valence-corrected chi connectivity index (χ3v) is 9.50. The Labute approximate surface area is 337 Å². The minimum Gasteiger partial charge on any atom is -0.504 e. The average Bonchev–Trinajstić information content (AvgIpc) is 3.71. The van der Waals surface area contributed by atoms with Gasteiger partial charge in [0.25, 0.3) is 0 Å². The third-order valence-electron chi connectivity index (χ3n) is 9.50. The van der Waals surface area contributed by atoms with Gasteiger partial charge in [0, 0.05) is 44.5 Å². The zero-order valence-corrected chi connectivity index (χ0v) is 31.4. The summed E-state index contributed by atoms with van der Waals surface area (Å²) < 4.78 is 25.4. The number of H-pyrrole nitrogens is 1. The largest absolute Gasteiger partial charge is 0.504 e. The fourth-order valence-corrected chi connectivity index (χ4v) is 6.61. The Morgan fingerprint density at radius 1 is 0.661 bits per heavy atom. The van der Waals surface area contributed by atoms with Gasteiger partial charge >= 0.3 is 0 Å². The van der Waals surface area contributed by atoms with E-state index < -0.39 is 7.15 Å². The van der Waals surface area contributed by atoms with Gasteiger partial charge in [0.05, 0.1) is 50.8 Å². The molecule has 6 aromatic carbocycles. The van der Waals surface area contributed by atoms with Gasteiger partial charge in [-0.1, -0.05) is 48.5 Å². The van der Waals surface area contributed by atoms with Crippen LogP contribution in [-0.2, 0) is 0 Å². The molecule has 1 heterocycles. The molecule has 2 aliphatic rings. The molecule has 7 N–H and O–H groups in total. The number of phenolic OH excluding ortho intramolecular Hbond substituents is 2. The van der Waals surface area contributed by atoms with Crippen LogP contribution in [0.3, 0.4) is 0 Å². The summed E-state index contributed by atoms with van der Waals surface area (Å²) in [5, 5.41) is 18.9. The molecule has 0 saturated heterocycles. The van der Waals surface area contributed by atoms with Crippen molar-refractivity contribution >= 4 is 51.8 Å². The van der Waals surface area contributed by atoms with Crippen molar-refractivity contribution in [2.24, 2.45) is 0 Å². The van der Waals surface area contributed by atoms with Gasteiger partial charge < -0.3 is 36.1 Å². The number of ketones is 4. The minimum atomic E-state index is -1.00. The Balaban J connectivity index is 0.000000161. The molecule has 9 rings (SSSR count). The van der Waals surface area contributed by atoms with Crippen LogP contribution >= 0.6 is 0 Å². The molecule has 59 heavy (non-hydrogen) atoms. The number of hydrogen-bond acceptors (Lipinski definition) is 12. The maximum absolute atomic E-state index is 13.1. The Morgan fingerprint density at radius 2 is 1.15 bits per heavy atom. The van der Waals surface area contributed by atoms with E-state index >= 15 is 0 Å². The lowest BCUT2D eigenvalue weighted by atomic mass is 9.83. The summed E-state index contributed by atoms with van der Waals surface area (Å²) in [6.45, 7) is 0. The average molecular weight is 796 g/mol. The molecule has 0 unspecified atom stereocenters. The number of aromatic nitrogens is 2. The number of nitrogens with one attached hydrogen (secondary N) is 1. The second kappa shape index (κ2) is 16.9. The number of carbonyl (C=O) groups is 5. The van der Waals surface area contributed by atoms with Gasteiger partial charge in [0.15, 0.2) is 46.1 Å². The van der Waals surface area contributed by atoms with E-state index in [1.165, 1.54) is 38.5 Å². The highest BCUT2D eigenvalue weighted by Crippen LogP contribution is 2.36. The van der Waals surface area contributed by atoms with E-state index in [0.717, 1.165) is 0 Å². The predicted molar refractivity (Wildman–Crippen MR) is 219 cm³/mol. The number of aromatic amines is 1. The second-order valence-electron chi connectivity index (χ2n) is 12.8. The first kappa shape index (κ1) is 39.1. The fourth-order valence-electron chi connectivity index (χ4n) is 6.61. The molecular weight excluding hydrogens is 760 g/mol. The van der Waals surface area contributed by atoms with Crippen molar-refractivity contribution in [3.8, 4) is 34.4 Å². The zero-order chi connectivity index (χ0) is 43.2. The molecule has 0 spiro atoms. The van der Waals surface area contributed by atoms with Gasteiger partial charge in [0.2, 0.25) is 0 Å². The number of anilines is 2. The number of nitrogen functional groups attached to an aromatic ring is 2. The molecule has 0 saturated carbocycles. The summed E-state index contributed by atoms with van der Waals surface area (Å²) in [7, 11) is 1.90. The first-order valence-electron chi connectivity index (χ1n) is 18.2. The SMILES string of the molecule is COc1cc(-c2nc3c4c(ccc3[nH]2)C(=O)c2ccccc2C4=O)ccc1O.COc1cc(C=O)ccc1O.Nc1ccc2c(c1N)C(=O)c1ccccc1C2=O.[2H]CF. The first-order valence-corrected chi connectivity index (χ1v) is 17.5. The number of ether oxygens (including phenoxy) is 2. The number of benzene rings is 6. The smallest absolute Gasteiger partial charge is 0.196 e. The van der Waals surface area contributed by atoms with Crippen LogP contribution < -0.4 is 20.9 Å². The van der Waals surface area contributed by atoms with E-state index in [0.29, 0.717) is 90.4 Å². The lowest BCUT2D eigenvalue weighted by Crippen LogP contribution is -2.22. The van der Waals surface area contributed by atoms with Crippen LogP contribution in [0, 0.1) is 0 Å². The highest BCUT2D eigenvalue weighted by molar-refractivity contribution is 6.32. The van der Waals surface area contributed by atoms with Crippen LogP contribution in [0.2, 0.25) is 0 Å². The molecule has 13 nitrogen and oxygen atoms in total. The quantitative estimate of drug-likeness (QED) is 0.0885. The molecule has 0 bridgehead atoms. The Bertz CT molecular complexity index is 2860. The normalized spacial score (nSPS) is 12.1. The van der Waals surface area contributed by atoms with Gasteiger partial charge in [-0.05, 0) is 60.7 Å². The molecule has 1 aromatic heterocycles. The van der Waals surface area contributed by atoms with Crippen LogP contribution in [-0.4, -0.2) is 71.0 Å². The van der Waals surface area contributed by atoms with Gasteiger partial charge in [-0.2, -0.15) is 0 Å². The van der Waals surface area contributed by atoms with E-state index in [4.69, 9.17) is 27.4 Å².